The van der Waals surface area contributed by atoms with Gasteiger partial charge < -0.3 is 15.4 Å². The van der Waals surface area contributed by atoms with Gasteiger partial charge in [-0.3, -0.25) is 13.7 Å². The fourth-order valence-corrected chi connectivity index (χ4v) is 6.61. The summed E-state index contributed by atoms with van der Waals surface area (Å²) in [5.41, 5.74) is 1.65. The third-order valence-corrected chi connectivity index (χ3v) is 9.68. The summed E-state index contributed by atoms with van der Waals surface area (Å²) in [4.78, 5) is 11.3. The van der Waals surface area contributed by atoms with E-state index >= 15 is 0 Å². The number of hydrogen-bond acceptors (Lipinski definition) is 12. The number of azo groups is 2. The van der Waals surface area contributed by atoms with Crippen LogP contribution in [0.3, 0.4) is 0 Å². The molecular formula is C31H26N6O11S3. The van der Waals surface area contributed by atoms with Gasteiger partial charge in [-0.2, -0.15) is 45.7 Å². The van der Waals surface area contributed by atoms with Gasteiger partial charge in [0.2, 0.25) is 0 Å². The van der Waals surface area contributed by atoms with Crippen molar-refractivity contribution in [1.29, 1.82) is 0 Å². The normalized spacial score (nSPS) is 12.4. The number of urea groups is 1. The Hall–Kier alpha value is -5.64. The van der Waals surface area contributed by atoms with Crippen LogP contribution in [0.15, 0.2) is 126 Å². The highest BCUT2D eigenvalue weighted by molar-refractivity contribution is 7.86. The van der Waals surface area contributed by atoms with Crippen molar-refractivity contribution in [2.75, 3.05) is 17.7 Å². The molecule has 5 aromatic rings. The maximum absolute atomic E-state index is 12.9. The van der Waals surface area contributed by atoms with E-state index in [4.69, 9.17) is 4.74 Å². The van der Waals surface area contributed by atoms with Gasteiger partial charge in [-0.1, -0.05) is 24.3 Å². The summed E-state index contributed by atoms with van der Waals surface area (Å²) in [6.07, 6.45) is 0. The number of fused-ring (bicyclic) bond motifs is 1. The van der Waals surface area contributed by atoms with Crippen LogP contribution in [-0.4, -0.2) is 52.1 Å². The largest absolute Gasteiger partial charge is 0.494 e. The Morgan fingerprint density at radius 2 is 1.29 bits per heavy atom. The van der Waals surface area contributed by atoms with Crippen LogP contribution in [0, 0.1) is 6.92 Å². The summed E-state index contributed by atoms with van der Waals surface area (Å²) in [6, 6.07) is 19.4. The van der Waals surface area contributed by atoms with Crippen molar-refractivity contribution >= 4 is 81.3 Å². The second kappa shape index (κ2) is 14.3. The van der Waals surface area contributed by atoms with Crippen molar-refractivity contribution in [2.24, 2.45) is 20.5 Å². The number of amides is 2. The van der Waals surface area contributed by atoms with Crippen molar-refractivity contribution in [3.05, 3.63) is 96.6 Å². The summed E-state index contributed by atoms with van der Waals surface area (Å²) in [5, 5.41) is 21.1. The number of aryl methyl sites for hydroxylation is 1. The van der Waals surface area contributed by atoms with Crippen molar-refractivity contribution in [1.82, 2.24) is 0 Å². The van der Waals surface area contributed by atoms with Gasteiger partial charge in [0.25, 0.3) is 30.4 Å². The van der Waals surface area contributed by atoms with Gasteiger partial charge in [0.15, 0.2) is 0 Å². The fraction of sp³-hybridized carbons (Fsp3) is 0.0645. The molecule has 0 bridgehead atoms. The molecule has 0 spiro atoms. The molecule has 0 atom stereocenters. The van der Waals surface area contributed by atoms with Gasteiger partial charge >= 0.3 is 6.03 Å². The van der Waals surface area contributed by atoms with E-state index in [1.807, 2.05) is 0 Å². The van der Waals surface area contributed by atoms with E-state index in [2.05, 4.69) is 31.1 Å². The lowest BCUT2D eigenvalue weighted by Crippen LogP contribution is -2.19. The zero-order chi connectivity index (χ0) is 37.1. The maximum atomic E-state index is 12.9. The Bertz CT molecular complexity index is 2590. The van der Waals surface area contributed by atoms with Crippen LogP contribution in [0.4, 0.5) is 38.9 Å². The number of rotatable bonds is 10. The van der Waals surface area contributed by atoms with E-state index < -0.39 is 46.2 Å². The topological polar surface area (TPSA) is 263 Å². The third kappa shape index (κ3) is 8.94. The molecule has 2 amide bonds. The number of nitrogens with one attached hydrogen (secondary N) is 2. The van der Waals surface area contributed by atoms with Gasteiger partial charge in [0.05, 0.1) is 40.4 Å². The van der Waals surface area contributed by atoms with E-state index in [1.165, 1.54) is 67.8 Å². The smallest absolute Gasteiger partial charge is 0.323 e. The molecule has 264 valence electrons. The Kier molecular flexibility index (Phi) is 10.3. The zero-order valence-electron chi connectivity index (χ0n) is 26.3. The minimum atomic E-state index is -4.86. The first kappa shape index (κ1) is 36.6. The maximum Gasteiger partial charge on any atom is 0.323 e. The first-order chi connectivity index (χ1) is 23.9. The Morgan fingerprint density at radius 3 is 1.96 bits per heavy atom. The summed E-state index contributed by atoms with van der Waals surface area (Å²) < 4.78 is 105. The van der Waals surface area contributed by atoms with Gasteiger partial charge in [0.1, 0.15) is 15.5 Å². The molecule has 5 N–H and O–H groups in total. The second-order valence-electron chi connectivity index (χ2n) is 10.6. The first-order valence-corrected chi connectivity index (χ1v) is 18.5. The van der Waals surface area contributed by atoms with Gasteiger partial charge in [-0.25, -0.2) is 4.79 Å². The molecule has 0 unspecified atom stereocenters. The van der Waals surface area contributed by atoms with Crippen molar-refractivity contribution in [2.45, 2.75) is 21.6 Å². The lowest BCUT2D eigenvalue weighted by Gasteiger charge is -2.12. The predicted molar refractivity (Wildman–Crippen MR) is 185 cm³/mol. The fourth-order valence-electron chi connectivity index (χ4n) is 4.66. The molecule has 0 saturated carbocycles. The Labute approximate surface area is 291 Å². The van der Waals surface area contributed by atoms with Crippen LogP contribution in [-0.2, 0) is 30.4 Å². The molecule has 0 aliphatic heterocycles. The van der Waals surface area contributed by atoms with Gasteiger partial charge in [-0.05, 0) is 73.2 Å². The average molecular weight is 755 g/mol. The van der Waals surface area contributed by atoms with E-state index in [0.717, 1.165) is 18.2 Å². The van der Waals surface area contributed by atoms with Gasteiger partial charge in [0, 0.05) is 22.5 Å². The highest BCUT2D eigenvalue weighted by Crippen LogP contribution is 2.35. The highest BCUT2D eigenvalue weighted by atomic mass is 32.2. The predicted octanol–water partition coefficient (Wildman–Crippen LogP) is 7.37. The highest BCUT2D eigenvalue weighted by Gasteiger charge is 2.21. The van der Waals surface area contributed by atoms with Gasteiger partial charge in [-0.15, -0.1) is 0 Å². The standard InChI is InChI=1S/C31H26N6O11S3/c1-18-9-10-19(15-27(18)37-36-22-14-25-24(30(17-22)51(45,46)47)7-4-8-29(25)50(42,43)44)32-31(38)33-26-12-11-21(16-28(26)48-2)35-34-20-5-3-6-23(13-20)49(39,40)41/h3-17H,1-2H3,(H2,32,33,38)(H,39,40,41)(H,42,43,44)(H,45,46,47). The number of anilines is 2. The number of methoxy groups -OCH3 is 1. The molecule has 0 aromatic heterocycles. The van der Waals surface area contributed by atoms with Crippen LogP contribution in [0.5, 0.6) is 5.75 Å². The molecule has 5 rings (SSSR count). The minimum absolute atomic E-state index is 0.161. The third-order valence-electron chi connectivity index (χ3n) is 7.03. The number of benzene rings is 5. The van der Waals surface area contributed by atoms with Crippen molar-refractivity contribution in [3.63, 3.8) is 0 Å². The van der Waals surface area contributed by atoms with Crippen molar-refractivity contribution in [3.8, 4) is 5.75 Å². The minimum Gasteiger partial charge on any atom is -0.494 e. The summed E-state index contributed by atoms with van der Waals surface area (Å²) in [7, 11) is -12.7. The van der Waals surface area contributed by atoms with E-state index in [-0.39, 0.29) is 49.9 Å². The molecule has 0 heterocycles. The Balaban J connectivity index is 1.35. The van der Waals surface area contributed by atoms with Crippen molar-refractivity contribution < 1.29 is 48.4 Å². The molecule has 0 aliphatic rings. The van der Waals surface area contributed by atoms with E-state index in [0.29, 0.717) is 11.3 Å². The number of nitrogens with zero attached hydrogens (tertiary/aromatic N) is 4. The molecule has 5 aromatic carbocycles. The molecule has 0 fully saturated rings. The van der Waals surface area contributed by atoms with Crippen LogP contribution >= 0.6 is 0 Å². The quantitative estimate of drug-likeness (QED) is 0.0694. The summed E-state index contributed by atoms with van der Waals surface area (Å²) >= 11 is 0. The van der Waals surface area contributed by atoms with Crippen LogP contribution in [0.2, 0.25) is 0 Å². The molecule has 0 radical (unpaired) electrons. The number of carbonyl (C=O) groups excluding carboxylic acids is 1. The molecule has 0 saturated heterocycles. The van der Waals surface area contributed by atoms with E-state index in [9.17, 15) is 43.7 Å². The molecule has 0 aliphatic carbocycles. The summed E-state index contributed by atoms with van der Waals surface area (Å²) in [6.45, 7) is 1.69. The van der Waals surface area contributed by atoms with Crippen LogP contribution in [0.1, 0.15) is 5.56 Å². The van der Waals surface area contributed by atoms with Crippen LogP contribution < -0.4 is 15.4 Å². The number of ether oxygens (including phenoxy) is 1. The SMILES string of the molecule is COc1cc(N=Nc2cccc(S(=O)(=O)O)c2)ccc1NC(=O)Nc1ccc(C)c(N=Nc2cc(S(=O)(=O)O)c3cccc(S(=O)(=O)O)c3c2)c1. The first-order valence-electron chi connectivity index (χ1n) is 14.2. The molecular weight excluding hydrogens is 729 g/mol. The number of carbonyl (C=O) groups is 1. The van der Waals surface area contributed by atoms with E-state index in [1.54, 1.807) is 19.1 Å². The molecule has 20 heteroatoms. The zero-order valence-corrected chi connectivity index (χ0v) is 28.7. The van der Waals surface area contributed by atoms with Crippen LogP contribution in [0.25, 0.3) is 10.8 Å². The molecule has 51 heavy (non-hydrogen) atoms. The average Bonchev–Trinajstić information content (AvgIpc) is 3.06. The molecule has 17 nitrogen and oxygen atoms in total. The second-order valence-corrected chi connectivity index (χ2v) is 14.8. The summed E-state index contributed by atoms with van der Waals surface area (Å²) in [5.74, 6) is 0.212. The monoisotopic (exact) mass is 754 g/mol. The number of hydrogen-bond donors (Lipinski definition) is 5. The lowest BCUT2D eigenvalue weighted by atomic mass is 10.1. The Morgan fingerprint density at radius 1 is 0.627 bits per heavy atom. The lowest BCUT2D eigenvalue weighted by molar-refractivity contribution is 0.262.